The quantitative estimate of drug-likeness (QED) is 0.122. The lowest BCUT2D eigenvalue weighted by Crippen LogP contribution is -2.29. The highest BCUT2D eigenvalue weighted by atomic mass is 35.5. The molecule has 3 heterocycles. The normalized spacial score (nSPS) is 19.1. The van der Waals surface area contributed by atoms with Crippen LogP contribution >= 0.6 is 22.9 Å². The number of Topliss-reactive ketones (excluding diaryl/α,β-unsaturated/α-hetero) is 1. The van der Waals surface area contributed by atoms with E-state index in [1.807, 2.05) is 43.3 Å². The topological polar surface area (TPSA) is 89.0 Å². The number of thiazole rings is 1. The average Bonchev–Trinajstić information content (AvgIpc) is 3.68. The number of carbonyl (C=O) groups excluding carboxylic acids is 2. The van der Waals surface area contributed by atoms with Crippen LogP contribution in [0, 0.1) is 0 Å². The monoisotopic (exact) mass is 608 g/mol. The molecular formula is C34H25ClN2O5S. The molecule has 4 aromatic carbocycles. The maximum absolute atomic E-state index is 13.7. The Bertz CT molecular complexity index is 1920. The number of aromatic nitrogens is 1. The number of ether oxygens (including phenoxy) is 2. The van der Waals surface area contributed by atoms with E-state index < -0.39 is 17.7 Å². The Morgan fingerprint density at radius 3 is 2.63 bits per heavy atom. The van der Waals surface area contributed by atoms with Gasteiger partial charge >= 0.3 is 5.91 Å². The summed E-state index contributed by atoms with van der Waals surface area (Å²) < 4.78 is 12.6. The van der Waals surface area contributed by atoms with Gasteiger partial charge in [-0.15, -0.1) is 0 Å². The van der Waals surface area contributed by atoms with Crippen LogP contribution in [-0.4, -0.2) is 27.9 Å². The molecule has 1 fully saturated rings. The van der Waals surface area contributed by atoms with E-state index in [9.17, 15) is 14.7 Å². The molecule has 214 valence electrons. The van der Waals surface area contributed by atoms with Crippen molar-refractivity contribution < 1.29 is 24.2 Å². The third-order valence-corrected chi connectivity index (χ3v) is 8.86. The zero-order valence-electron chi connectivity index (χ0n) is 23.0. The third kappa shape index (κ3) is 5.02. The molecule has 2 aliphatic heterocycles. The standard InChI is InChI=1S/C34H25ClN2O5S/c1-19-15-23-16-22(9-14-27(23)42-19)31(38)29-30(21-7-11-25(12-8-21)41-18-20-5-3-2-4-6-20)37(33(40)32(29)39)34-36-26-13-10-24(35)17-28(26)43-34/h2-14,16-17,19,30,38H,15,18H2,1H3/b31-29+/t19-,30-/m0/s1. The van der Waals surface area contributed by atoms with Gasteiger partial charge in [-0.3, -0.25) is 14.5 Å². The summed E-state index contributed by atoms with van der Waals surface area (Å²) in [6.45, 7) is 2.37. The van der Waals surface area contributed by atoms with Crippen molar-refractivity contribution in [2.24, 2.45) is 0 Å². The molecule has 5 aromatic rings. The number of ketones is 1. The molecule has 0 radical (unpaired) electrons. The maximum atomic E-state index is 13.7. The molecule has 0 spiro atoms. The van der Waals surface area contributed by atoms with Crippen LogP contribution in [0.25, 0.3) is 16.0 Å². The van der Waals surface area contributed by atoms with Gasteiger partial charge in [0.15, 0.2) is 5.13 Å². The van der Waals surface area contributed by atoms with E-state index in [2.05, 4.69) is 4.98 Å². The molecule has 1 N–H and O–H groups in total. The smallest absolute Gasteiger partial charge is 0.301 e. The lowest BCUT2D eigenvalue weighted by Gasteiger charge is -2.23. The van der Waals surface area contributed by atoms with Crippen molar-refractivity contribution >= 4 is 55.7 Å². The lowest BCUT2D eigenvalue weighted by atomic mass is 9.94. The first kappa shape index (κ1) is 27.2. The summed E-state index contributed by atoms with van der Waals surface area (Å²) in [5.41, 5.74) is 3.69. The number of aliphatic hydroxyl groups excluding tert-OH is 1. The van der Waals surface area contributed by atoms with E-state index in [-0.39, 0.29) is 17.4 Å². The fraction of sp³-hybridized carbons (Fsp3) is 0.147. The van der Waals surface area contributed by atoms with E-state index >= 15 is 0 Å². The molecule has 0 aliphatic carbocycles. The molecule has 7 nitrogen and oxygen atoms in total. The van der Waals surface area contributed by atoms with Crippen LogP contribution in [0.15, 0.2) is 96.6 Å². The van der Waals surface area contributed by atoms with E-state index in [1.165, 1.54) is 16.2 Å². The van der Waals surface area contributed by atoms with Gasteiger partial charge in [0.1, 0.15) is 30.0 Å². The second-order valence-corrected chi connectivity index (χ2v) is 12.0. The molecule has 1 aromatic heterocycles. The van der Waals surface area contributed by atoms with Gasteiger partial charge in [-0.25, -0.2) is 4.98 Å². The number of carbonyl (C=O) groups is 2. The van der Waals surface area contributed by atoms with Crippen molar-refractivity contribution in [1.29, 1.82) is 0 Å². The maximum Gasteiger partial charge on any atom is 0.301 e. The summed E-state index contributed by atoms with van der Waals surface area (Å²) in [6, 6.07) is 26.7. The van der Waals surface area contributed by atoms with E-state index in [0.29, 0.717) is 45.6 Å². The Morgan fingerprint density at radius 1 is 1.05 bits per heavy atom. The highest BCUT2D eigenvalue weighted by Gasteiger charge is 2.48. The average molecular weight is 609 g/mol. The van der Waals surface area contributed by atoms with Gasteiger partial charge < -0.3 is 14.6 Å². The Balaban J connectivity index is 1.31. The zero-order chi connectivity index (χ0) is 29.7. The van der Waals surface area contributed by atoms with Gasteiger partial charge in [0, 0.05) is 17.0 Å². The summed E-state index contributed by atoms with van der Waals surface area (Å²) in [4.78, 5) is 33.4. The van der Waals surface area contributed by atoms with Crippen molar-refractivity contribution in [2.45, 2.75) is 32.1 Å². The minimum Gasteiger partial charge on any atom is -0.507 e. The minimum absolute atomic E-state index is 0.00726. The number of hydrogen-bond acceptors (Lipinski definition) is 7. The van der Waals surface area contributed by atoms with Gasteiger partial charge in [-0.05, 0) is 72.1 Å². The number of halogens is 1. The zero-order valence-corrected chi connectivity index (χ0v) is 24.6. The van der Waals surface area contributed by atoms with Gasteiger partial charge in [0.2, 0.25) is 0 Å². The first-order chi connectivity index (χ1) is 20.9. The van der Waals surface area contributed by atoms with Crippen molar-refractivity contribution in [3.63, 3.8) is 0 Å². The second-order valence-electron chi connectivity index (χ2n) is 10.6. The fourth-order valence-electron chi connectivity index (χ4n) is 5.55. The Kier molecular flexibility index (Phi) is 6.88. The summed E-state index contributed by atoms with van der Waals surface area (Å²) in [5, 5.41) is 12.5. The first-order valence-corrected chi connectivity index (χ1v) is 15.0. The van der Waals surface area contributed by atoms with Gasteiger partial charge in [-0.1, -0.05) is 65.4 Å². The van der Waals surface area contributed by atoms with Gasteiger partial charge in [0.25, 0.3) is 5.78 Å². The SMILES string of the molecule is C[C@H]1Cc2cc(/C(O)=C3\C(=O)C(=O)N(c4nc5ccc(Cl)cc5s4)[C@H]3c3ccc(OCc4ccccc4)cc3)ccc2O1. The van der Waals surface area contributed by atoms with Gasteiger partial charge in [-0.2, -0.15) is 0 Å². The first-order valence-electron chi connectivity index (χ1n) is 13.8. The highest BCUT2D eigenvalue weighted by molar-refractivity contribution is 7.22. The molecule has 1 amide bonds. The van der Waals surface area contributed by atoms with Crippen LogP contribution in [0.1, 0.15) is 35.2 Å². The largest absolute Gasteiger partial charge is 0.507 e. The number of benzene rings is 4. The van der Waals surface area contributed by atoms with Crippen LogP contribution < -0.4 is 14.4 Å². The van der Waals surface area contributed by atoms with E-state index in [0.717, 1.165) is 21.6 Å². The molecule has 7 rings (SSSR count). The van der Waals surface area contributed by atoms with E-state index in [4.69, 9.17) is 21.1 Å². The number of nitrogens with zero attached hydrogens (tertiary/aromatic N) is 2. The van der Waals surface area contributed by atoms with Crippen molar-refractivity contribution in [1.82, 2.24) is 4.98 Å². The predicted octanol–water partition coefficient (Wildman–Crippen LogP) is 7.48. The number of aliphatic hydroxyl groups is 1. The summed E-state index contributed by atoms with van der Waals surface area (Å²) in [6.07, 6.45) is 0.709. The van der Waals surface area contributed by atoms with Crippen molar-refractivity contribution in [3.8, 4) is 11.5 Å². The second kappa shape index (κ2) is 10.9. The molecule has 9 heteroatoms. The molecule has 0 saturated carbocycles. The summed E-state index contributed by atoms with van der Waals surface area (Å²) >= 11 is 7.47. The van der Waals surface area contributed by atoms with Crippen LogP contribution in [0.3, 0.4) is 0 Å². The molecule has 2 aliphatic rings. The lowest BCUT2D eigenvalue weighted by molar-refractivity contribution is -0.132. The fourth-order valence-corrected chi connectivity index (χ4v) is 6.81. The Morgan fingerprint density at radius 2 is 1.84 bits per heavy atom. The minimum atomic E-state index is -0.914. The highest BCUT2D eigenvalue weighted by Crippen LogP contribution is 2.45. The number of amides is 1. The third-order valence-electron chi connectivity index (χ3n) is 7.60. The Hall–Kier alpha value is -4.66. The van der Waals surface area contributed by atoms with Crippen LogP contribution in [0.4, 0.5) is 5.13 Å². The number of hydrogen-bond donors (Lipinski definition) is 1. The van der Waals surface area contributed by atoms with Crippen LogP contribution in [0.5, 0.6) is 11.5 Å². The van der Waals surface area contributed by atoms with E-state index in [1.54, 1.807) is 54.6 Å². The number of rotatable bonds is 6. The molecule has 43 heavy (non-hydrogen) atoms. The van der Waals surface area contributed by atoms with Crippen molar-refractivity contribution in [2.75, 3.05) is 4.90 Å². The number of anilines is 1. The van der Waals surface area contributed by atoms with Crippen LogP contribution in [0.2, 0.25) is 5.02 Å². The summed E-state index contributed by atoms with van der Waals surface area (Å²) in [7, 11) is 0. The van der Waals surface area contributed by atoms with Crippen LogP contribution in [-0.2, 0) is 22.6 Å². The molecular weight excluding hydrogens is 584 g/mol. The molecule has 0 unspecified atom stereocenters. The molecule has 2 atom stereocenters. The summed E-state index contributed by atoms with van der Waals surface area (Å²) in [5.74, 6) is -0.414. The number of fused-ring (bicyclic) bond motifs is 2. The van der Waals surface area contributed by atoms with Gasteiger partial charge in [0.05, 0.1) is 21.8 Å². The Labute approximate surface area is 256 Å². The van der Waals surface area contributed by atoms with Crippen molar-refractivity contribution in [3.05, 3.63) is 124 Å². The molecule has 0 bridgehead atoms. The molecule has 1 saturated heterocycles. The predicted molar refractivity (Wildman–Crippen MR) is 167 cm³/mol.